The van der Waals surface area contributed by atoms with Crippen LogP contribution in [-0.2, 0) is 11.3 Å². The van der Waals surface area contributed by atoms with Gasteiger partial charge in [-0.25, -0.2) is 9.97 Å². The number of pyridine rings is 1. The number of rotatable bonds is 2. The molecule has 0 radical (unpaired) electrons. The molecular formula is C11H10N4O2. The van der Waals surface area contributed by atoms with Gasteiger partial charge in [-0.3, -0.25) is 4.79 Å². The Hall–Kier alpha value is -2.21. The molecule has 0 bridgehead atoms. The molecule has 17 heavy (non-hydrogen) atoms. The van der Waals surface area contributed by atoms with E-state index < -0.39 is 0 Å². The van der Waals surface area contributed by atoms with Crippen molar-refractivity contribution in [1.29, 1.82) is 0 Å². The summed E-state index contributed by atoms with van der Waals surface area (Å²) in [5.74, 6) is 0. The molecule has 3 aromatic rings. The maximum Gasteiger partial charge on any atom is 0.272 e. The van der Waals surface area contributed by atoms with Crippen LogP contribution in [0.2, 0.25) is 0 Å². The van der Waals surface area contributed by atoms with E-state index in [1.165, 1.54) is 7.11 Å². The van der Waals surface area contributed by atoms with Gasteiger partial charge in [-0.15, -0.1) is 0 Å². The largest absolute Gasteiger partial charge is 0.378 e. The Labute approximate surface area is 95.7 Å². The molecule has 0 unspecified atom stereocenters. The van der Waals surface area contributed by atoms with Crippen LogP contribution in [0.15, 0.2) is 23.3 Å². The maximum absolute atomic E-state index is 11.7. The number of ether oxygens (including phenoxy) is 1. The van der Waals surface area contributed by atoms with Gasteiger partial charge in [0.05, 0.1) is 23.8 Å². The topological polar surface area (TPSA) is 83.7 Å². The molecule has 2 N–H and O–H groups in total. The van der Waals surface area contributed by atoms with Crippen LogP contribution in [0.5, 0.6) is 0 Å². The summed E-state index contributed by atoms with van der Waals surface area (Å²) in [6.45, 7) is 0.194. The number of H-pyrrole nitrogens is 2. The molecule has 86 valence electrons. The molecule has 0 amide bonds. The monoisotopic (exact) mass is 230 g/mol. The summed E-state index contributed by atoms with van der Waals surface area (Å²) in [5, 5.41) is 0.885. The lowest BCUT2D eigenvalue weighted by Crippen LogP contribution is -2.15. The molecule has 0 saturated heterocycles. The molecule has 0 aliphatic carbocycles. The minimum Gasteiger partial charge on any atom is -0.378 e. The van der Waals surface area contributed by atoms with Gasteiger partial charge in [-0.2, -0.15) is 0 Å². The Morgan fingerprint density at radius 3 is 3.18 bits per heavy atom. The third-order valence-electron chi connectivity index (χ3n) is 2.60. The summed E-state index contributed by atoms with van der Waals surface area (Å²) in [6.07, 6.45) is 3.39. The molecule has 0 saturated carbocycles. The molecule has 6 nitrogen and oxygen atoms in total. The zero-order valence-electron chi connectivity index (χ0n) is 9.15. The van der Waals surface area contributed by atoms with Crippen molar-refractivity contribution in [3.63, 3.8) is 0 Å². The van der Waals surface area contributed by atoms with Crippen LogP contribution in [0, 0.1) is 0 Å². The highest BCUT2D eigenvalue weighted by Gasteiger charge is 2.08. The van der Waals surface area contributed by atoms with Gasteiger partial charge < -0.3 is 14.7 Å². The lowest BCUT2D eigenvalue weighted by atomic mass is 10.3. The van der Waals surface area contributed by atoms with E-state index in [1.54, 1.807) is 12.4 Å². The number of aromatic amines is 2. The van der Waals surface area contributed by atoms with Gasteiger partial charge in [0, 0.05) is 18.7 Å². The Morgan fingerprint density at radius 1 is 1.47 bits per heavy atom. The molecule has 0 atom stereocenters. The summed E-state index contributed by atoms with van der Waals surface area (Å²) < 4.78 is 4.95. The third kappa shape index (κ3) is 1.50. The summed E-state index contributed by atoms with van der Waals surface area (Å²) in [6, 6.07) is 1.88. The Balaban J connectivity index is 2.40. The van der Waals surface area contributed by atoms with E-state index in [-0.39, 0.29) is 12.2 Å². The predicted molar refractivity (Wildman–Crippen MR) is 62.7 cm³/mol. The van der Waals surface area contributed by atoms with E-state index in [4.69, 9.17) is 4.74 Å². The van der Waals surface area contributed by atoms with Crippen LogP contribution in [0.3, 0.4) is 0 Å². The third-order valence-corrected chi connectivity index (χ3v) is 2.60. The first-order chi connectivity index (χ1) is 8.29. The van der Waals surface area contributed by atoms with Crippen molar-refractivity contribution in [3.8, 4) is 0 Å². The van der Waals surface area contributed by atoms with Crippen molar-refractivity contribution in [2.75, 3.05) is 7.11 Å². The normalized spacial score (nSPS) is 11.4. The first-order valence-electron chi connectivity index (χ1n) is 5.13. The summed E-state index contributed by atoms with van der Waals surface area (Å²) in [5.41, 5.74) is 2.23. The van der Waals surface area contributed by atoms with Crippen LogP contribution >= 0.6 is 0 Å². The molecule has 0 aliphatic heterocycles. The summed E-state index contributed by atoms with van der Waals surface area (Å²) in [7, 11) is 1.53. The molecule has 3 rings (SSSR count). The van der Waals surface area contributed by atoms with E-state index in [2.05, 4.69) is 19.9 Å². The highest BCUT2D eigenvalue weighted by molar-refractivity contribution is 6.00. The number of methoxy groups -OCH3 is 1. The molecule has 3 aromatic heterocycles. The summed E-state index contributed by atoms with van der Waals surface area (Å²) >= 11 is 0. The van der Waals surface area contributed by atoms with E-state index in [9.17, 15) is 4.79 Å². The van der Waals surface area contributed by atoms with Gasteiger partial charge in [0.25, 0.3) is 5.56 Å². The van der Waals surface area contributed by atoms with E-state index in [0.29, 0.717) is 11.2 Å². The second-order valence-corrected chi connectivity index (χ2v) is 3.71. The van der Waals surface area contributed by atoms with Crippen molar-refractivity contribution in [2.24, 2.45) is 0 Å². The fourth-order valence-electron chi connectivity index (χ4n) is 1.82. The first-order valence-corrected chi connectivity index (χ1v) is 5.13. The van der Waals surface area contributed by atoms with Crippen LogP contribution in [-0.4, -0.2) is 27.0 Å². The van der Waals surface area contributed by atoms with Crippen molar-refractivity contribution in [2.45, 2.75) is 6.61 Å². The first kappa shape index (κ1) is 9.98. The van der Waals surface area contributed by atoms with Crippen LogP contribution in [0.25, 0.3) is 22.1 Å². The number of fused-ring (bicyclic) bond motifs is 3. The smallest absolute Gasteiger partial charge is 0.272 e. The van der Waals surface area contributed by atoms with E-state index in [0.717, 1.165) is 16.6 Å². The summed E-state index contributed by atoms with van der Waals surface area (Å²) in [4.78, 5) is 25.9. The fraction of sp³-hybridized carbons (Fsp3) is 0.182. The number of nitrogens with zero attached hydrogens (tertiary/aromatic N) is 2. The predicted octanol–water partition coefficient (Wildman–Crippen LogP) is 0.946. The lowest BCUT2D eigenvalue weighted by molar-refractivity contribution is 0.180. The van der Waals surface area contributed by atoms with Crippen molar-refractivity contribution >= 4 is 22.1 Å². The number of hydrogen-bond acceptors (Lipinski definition) is 4. The van der Waals surface area contributed by atoms with Gasteiger partial charge >= 0.3 is 0 Å². The van der Waals surface area contributed by atoms with Crippen molar-refractivity contribution in [3.05, 3.63) is 34.5 Å². The van der Waals surface area contributed by atoms with Crippen LogP contribution in [0.1, 0.15) is 5.69 Å². The average Bonchev–Trinajstić information content (AvgIpc) is 2.79. The standard InChI is InChI=1S/C11H10N4O2/c1-17-5-8-11(16)15-7-4-13-10-6(2-3-12-10)9(7)14-8/h2-4H,5H2,1H3,(H,12,13)(H,15,16). The maximum atomic E-state index is 11.7. The SMILES string of the molecule is COCc1nc2c(cnc3[nH]ccc32)[nH]c1=O. The van der Waals surface area contributed by atoms with E-state index >= 15 is 0 Å². The number of aromatic nitrogens is 4. The van der Waals surface area contributed by atoms with E-state index in [1.807, 2.05) is 6.07 Å². The zero-order valence-corrected chi connectivity index (χ0v) is 9.15. The van der Waals surface area contributed by atoms with Gasteiger partial charge in [-0.05, 0) is 6.07 Å². The Kier molecular flexibility index (Phi) is 2.15. The highest BCUT2D eigenvalue weighted by atomic mass is 16.5. The second-order valence-electron chi connectivity index (χ2n) is 3.71. The number of hydrogen-bond donors (Lipinski definition) is 2. The van der Waals surface area contributed by atoms with Gasteiger partial charge in [0.2, 0.25) is 0 Å². The molecule has 6 heteroatoms. The molecule has 0 aliphatic rings. The average molecular weight is 230 g/mol. The Bertz CT molecular complexity index is 744. The lowest BCUT2D eigenvalue weighted by Gasteiger charge is -2.02. The number of nitrogens with one attached hydrogen (secondary N) is 2. The molecular weight excluding hydrogens is 220 g/mol. The quantitative estimate of drug-likeness (QED) is 0.686. The van der Waals surface area contributed by atoms with Crippen LogP contribution < -0.4 is 5.56 Å². The van der Waals surface area contributed by atoms with Gasteiger partial charge in [0.1, 0.15) is 11.3 Å². The van der Waals surface area contributed by atoms with Crippen LogP contribution in [0.4, 0.5) is 0 Å². The van der Waals surface area contributed by atoms with Gasteiger partial charge in [-0.1, -0.05) is 0 Å². The molecule has 0 spiro atoms. The second kappa shape index (κ2) is 3.67. The molecule has 0 fully saturated rings. The minimum absolute atomic E-state index is 0.194. The highest BCUT2D eigenvalue weighted by Crippen LogP contribution is 2.18. The van der Waals surface area contributed by atoms with Crippen molar-refractivity contribution in [1.82, 2.24) is 19.9 Å². The molecule has 3 heterocycles. The minimum atomic E-state index is -0.240. The Morgan fingerprint density at radius 2 is 2.35 bits per heavy atom. The fourth-order valence-corrected chi connectivity index (χ4v) is 1.82. The van der Waals surface area contributed by atoms with Gasteiger partial charge in [0.15, 0.2) is 0 Å². The van der Waals surface area contributed by atoms with Crippen molar-refractivity contribution < 1.29 is 4.74 Å². The zero-order chi connectivity index (χ0) is 11.8. The molecule has 0 aromatic carbocycles.